The molecule has 0 unspecified atom stereocenters. The van der Waals surface area contributed by atoms with E-state index in [-0.39, 0.29) is 18.6 Å². The number of benzene rings is 1. The van der Waals surface area contributed by atoms with Crippen LogP contribution in [0.3, 0.4) is 0 Å². The maximum atomic E-state index is 13.5. The van der Waals surface area contributed by atoms with Gasteiger partial charge in [-0.25, -0.2) is 15.0 Å². The van der Waals surface area contributed by atoms with Gasteiger partial charge in [0, 0.05) is 24.0 Å². The van der Waals surface area contributed by atoms with Crippen molar-refractivity contribution < 1.29 is 9.53 Å². The molecule has 1 fully saturated rings. The van der Waals surface area contributed by atoms with Crippen LogP contribution in [0.4, 0.5) is 10.9 Å². The van der Waals surface area contributed by atoms with Crippen molar-refractivity contribution in [3.8, 4) is 0 Å². The first-order valence-electron chi connectivity index (χ1n) is 13.0. The average molecular weight is 519 g/mol. The summed E-state index contributed by atoms with van der Waals surface area (Å²) in [6.07, 6.45) is 4.60. The summed E-state index contributed by atoms with van der Waals surface area (Å²) in [6, 6.07) is 13.9. The molecule has 0 aliphatic carbocycles. The molecule has 194 valence electrons. The molecule has 3 aromatic heterocycles. The van der Waals surface area contributed by atoms with Crippen molar-refractivity contribution in [3.63, 3.8) is 0 Å². The van der Waals surface area contributed by atoms with Gasteiger partial charge in [-0.2, -0.15) is 0 Å². The standard InChI is InChI=1S/C28H34N6O2S/c1-4-8-20-16-29-28(37-20)32-25-12-7-10-22(30-25)24-17-33(13-14-36-24)27(35)18-34-23-11-6-5-9-21(23)31-26(34)15-19(2)3/h5-7,9-12,16,19,24H,4,8,13-15,17-18H2,1-3H3,(H,29,30,32)/t24-/m1/s1. The van der Waals surface area contributed by atoms with Gasteiger partial charge in [-0.15, -0.1) is 11.3 Å². The van der Waals surface area contributed by atoms with E-state index in [1.807, 2.05) is 53.6 Å². The minimum absolute atomic E-state index is 0.0713. The smallest absolute Gasteiger partial charge is 0.242 e. The monoisotopic (exact) mass is 518 g/mol. The van der Waals surface area contributed by atoms with Crippen LogP contribution in [0, 0.1) is 5.92 Å². The third-order valence-corrected chi connectivity index (χ3v) is 7.39. The normalized spacial score (nSPS) is 16.0. The van der Waals surface area contributed by atoms with E-state index in [9.17, 15) is 4.79 Å². The van der Waals surface area contributed by atoms with Crippen LogP contribution in [0.25, 0.3) is 11.0 Å². The zero-order valence-corrected chi connectivity index (χ0v) is 22.5. The van der Waals surface area contributed by atoms with E-state index < -0.39 is 0 Å². The van der Waals surface area contributed by atoms with Gasteiger partial charge in [0.1, 0.15) is 24.3 Å². The number of nitrogens with zero attached hydrogens (tertiary/aromatic N) is 5. The predicted molar refractivity (Wildman–Crippen MR) is 147 cm³/mol. The van der Waals surface area contributed by atoms with Crippen LogP contribution in [0.2, 0.25) is 0 Å². The molecule has 0 radical (unpaired) electrons. The van der Waals surface area contributed by atoms with Gasteiger partial charge >= 0.3 is 0 Å². The number of amides is 1. The van der Waals surface area contributed by atoms with Gasteiger partial charge in [0.25, 0.3) is 0 Å². The van der Waals surface area contributed by atoms with Gasteiger partial charge in [0.05, 0.1) is 29.9 Å². The lowest BCUT2D eigenvalue weighted by atomic mass is 10.1. The molecule has 1 N–H and O–H groups in total. The first kappa shape index (κ1) is 25.4. The molecule has 37 heavy (non-hydrogen) atoms. The van der Waals surface area contributed by atoms with Crippen molar-refractivity contribution in [2.75, 3.05) is 25.0 Å². The highest BCUT2D eigenvalue weighted by molar-refractivity contribution is 7.15. The summed E-state index contributed by atoms with van der Waals surface area (Å²) in [5, 5.41) is 4.15. The first-order chi connectivity index (χ1) is 18.0. The number of morpholine rings is 1. The quantitative estimate of drug-likeness (QED) is 0.320. The van der Waals surface area contributed by atoms with Crippen LogP contribution in [-0.2, 0) is 28.9 Å². The Hall–Kier alpha value is -3.30. The fourth-order valence-electron chi connectivity index (χ4n) is 4.65. The molecule has 4 heterocycles. The summed E-state index contributed by atoms with van der Waals surface area (Å²) in [4.78, 5) is 30.7. The number of rotatable bonds is 9. The number of carbonyl (C=O) groups is 1. The van der Waals surface area contributed by atoms with Gasteiger partial charge < -0.3 is 19.5 Å². The molecule has 1 aromatic carbocycles. The van der Waals surface area contributed by atoms with Gasteiger partial charge in [-0.05, 0) is 36.6 Å². The number of imidazole rings is 1. The van der Waals surface area contributed by atoms with E-state index in [1.54, 1.807) is 11.3 Å². The van der Waals surface area contributed by atoms with E-state index in [1.165, 1.54) is 4.88 Å². The molecule has 0 saturated carbocycles. The molecular formula is C28H34N6O2S. The Bertz CT molecular complexity index is 1360. The Morgan fingerprint density at radius 2 is 2.05 bits per heavy atom. The number of fused-ring (bicyclic) bond motifs is 1. The van der Waals surface area contributed by atoms with E-state index in [2.05, 4.69) is 35.6 Å². The minimum atomic E-state index is -0.277. The highest BCUT2D eigenvalue weighted by Gasteiger charge is 2.27. The maximum absolute atomic E-state index is 13.5. The number of carbonyl (C=O) groups excluding carboxylic acids is 1. The molecule has 4 aromatic rings. The molecule has 1 aliphatic heterocycles. The number of hydrogen-bond donors (Lipinski definition) is 1. The van der Waals surface area contributed by atoms with Crippen LogP contribution >= 0.6 is 11.3 Å². The van der Waals surface area contributed by atoms with Gasteiger partial charge in [-0.3, -0.25) is 4.79 Å². The minimum Gasteiger partial charge on any atom is -0.368 e. The second-order valence-corrected chi connectivity index (χ2v) is 11.0. The number of nitrogens with one attached hydrogen (secondary N) is 1. The van der Waals surface area contributed by atoms with Crippen LogP contribution < -0.4 is 5.32 Å². The number of para-hydroxylation sites is 2. The summed E-state index contributed by atoms with van der Waals surface area (Å²) in [6.45, 7) is 8.30. The van der Waals surface area contributed by atoms with Crippen LogP contribution in [0.15, 0.2) is 48.7 Å². The molecular weight excluding hydrogens is 484 g/mol. The Balaban J connectivity index is 1.28. The van der Waals surface area contributed by atoms with Crippen molar-refractivity contribution in [2.24, 2.45) is 5.92 Å². The number of ether oxygens (including phenoxy) is 1. The van der Waals surface area contributed by atoms with Crippen molar-refractivity contribution >= 4 is 39.2 Å². The van der Waals surface area contributed by atoms with E-state index in [4.69, 9.17) is 14.7 Å². The topological polar surface area (TPSA) is 85.2 Å². The largest absolute Gasteiger partial charge is 0.368 e. The second kappa shape index (κ2) is 11.4. The zero-order valence-electron chi connectivity index (χ0n) is 21.7. The van der Waals surface area contributed by atoms with E-state index in [0.29, 0.717) is 25.6 Å². The lowest BCUT2D eigenvalue weighted by Gasteiger charge is -2.33. The summed E-state index contributed by atoms with van der Waals surface area (Å²) in [5.74, 6) is 2.21. The van der Waals surface area contributed by atoms with Crippen LogP contribution in [0.5, 0.6) is 0 Å². The number of hydrogen-bond acceptors (Lipinski definition) is 7. The molecule has 8 nitrogen and oxygen atoms in total. The van der Waals surface area contributed by atoms with Crippen molar-refractivity contribution in [3.05, 3.63) is 65.1 Å². The number of thiazole rings is 1. The van der Waals surface area contributed by atoms with Crippen LogP contribution in [0.1, 0.15) is 49.7 Å². The van der Waals surface area contributed by atoms with Gasteiger partial charge in [0.15, 0.2) is 5.13 Å². The summed E-state index contributed by atoms with van der Waals surface area (Å²) in [5.41, 5.74) is 2.74. The Morgan fingerprint density at radius 3 is 2.89 bits per heavy atom. The number of aromatic nitrogens is 4. The average Bonchev–Trinajstić information content (AvgIpc) is 3.48. The predicted octanol–water partition coefficient (Wildman–Crippen LogP) is 5.38. The Labute approximate surface area is 221 Å². The highest BCUT2D eigenvalue weighted by atomic mass is 32.1. The van der Waals surface area contributed by atoms with Gasteiger partial charge in [0.2, 0.25) is 5.91 Å². The fourth-order valence-corrected chi connectivity index (χ4v) is 5.57. The van der Waals surface area contributed by atoms with E-state index >= 15 is 0 Å². The zero-order chi connectivity index (χ0) is 25.8. The molecule has 1 saturated heterocycles. The fraction of sp³-hybridized carbons (Fsp3) is 0.429. The highest BCUT2D eigenvalue weighted by Crippen LogP contribution is 2.26. The van der Waals surface area contributed by atoms with Crippen LogP contribution in [-0.4, -0.2) is 50.0 Å². The lowest BCUT2D eigenvalue weighted by molar-refractivity contribution is -0.139. The number of pyridine rings is 1. The number of anilines is 2. The molecule has 1 aliphatic rings. The molecule has 1 amide bonds. The van der Waals surface area contributed by atoms with Crippen molar-refractivity contribution in [1.29, 1.82) is 0 Å². The summed E-state index contributed by atoms with van der Waals surface area (Å²) >= 11 is 1.65. The summed E-state index contributed by atoms with van der Waals surface area (Å²) in [7, 11) is 0. The SMILES string of the molecule is CCCc1cnc(Nc2cccc([C@H]3CN(C(=O)Cn4c(CC(C)C)nc5ccccc54)CCO3)n2)s1. The molecule has 0 bridgehead atoms. The molecule has 5 rings (SSSR count). The van der Waals surface area contributed by atoms with Crippen molar-refractivity contribution in [1.82, 2.24) is 24.4 Å². The molecule has 0 spiro atoms. The Morgan fingerprint density at radius 1 is 1.19 bits per heavy atom. The maximum Gasteiger partial charge on any atom is 0.242 e. The van der Waals surface area contributed by atoms with Crippen molar-refractivity contribution in [2.45, 2.75) is 52.7 Å². The summed E-state index contributed by atoms with van der Waals surface area (Å²) < 4.78 is 8.13. The second-order valence-electron chi connectivity index (χ2n) is 9.85. The molecule has 9 heteroatoms. The third kappa shape index (κ3) is 5.99. The third-order valence-electron chi connectivity index (χ3n) is 6.42. The first-order valence-corrected chi connectivity index (χ1v) is 13.8. The van der Waals surface area contributed by atoms with Gasteiger partial charge in [-0.1, -0.05) is 45.4 Å². The lowest BCUT2D eigenvalue weighted by Crippen LogP contribution is -2.44. The Kier molecular flexibility index (Phi) is 7.81. The molecule has 1 atom stereocenters. The number of aryl methyl sites for hydroxylation is 1. The van der Waals surface area contributed by atoms with E-state index in [0.717, 1.165) is 52.8 Å².